The van der Waals surface area contributed by atoms with Gasteiger partial charge in [-0.3, -0.25) is 4.79 Å². The number of carbonyl (C=O) groups is 2. The third-order valence-corrected chi connectivity index (χ3v) is 3.49. The molecular formula is C13H15N5O6. The molecule has 11 nitrogen and oxygen atoms in total. The third-order valence-electron chi connectivity index (χ3n) is 3.49. The Labute approximate surface area is 136 Å². The second kappa shape index (κ2) is 6.74. The second-order valence-electron chi connectivity index (χ2n) is 4.89. The average Bonchev–Trinajstić information content (AvgIpc) is 3.03. The summed E-state index contributed by atoms with van der Waals surface area (Å²) >= 11 is 0. The summed E-state index contributed by atoms with van der Waals surface area (Å²) in [7, 11) is 2.57. The van der Waals surface area contributed by atoms with Crippen LogP contribution in [0.2, 0.25) is 0 Å². The van der Waals surface area contributed by atoms with Crippen molar-refractivity contribution in [2.45, 2.75) is 0 Å². The summed E-state index contributed by atoms with van der Waals surface area (Å²) < 4.78 is 15.0. The van der Waals surface area contributed by atoms with Crippen LogP contribution >= 0.6 is 0 Å². The fourth-order valence-corrected chi connectivity index (χ4v) is 2.26. The van der Waals surface area contributed by atoms with Crippen LogP contribution in [0.5, 0.6) is 6.01 Å². The number of morpholine rings is 1. The normalized spacial score (nSPS) is 20.4. The summed E-state index contributed by atoms with van der Waals surface area (Å²) in [5.74, 6) is -2.62. The van der Waals surface area contributed by atoms with E-state index >= 15 is 0 Å². The number of methoxy groups -OCH3 is 2. The minimum atomic E-state index is -1.33. The number of hydrogen-bond acceptors (Lipinski definition) is 11. The molecule has 1 saturated heterocycles. The lowest BCUT2D eigenvalue weighted by Crippen LogP contribution is -2.38. The van der Waals surface area contributed by atoms with Gasteiger partial charge in [0.15, 0.2) is 11.5 Å². The maximum Gasteiger partial charge on any atom is 0.355 e. The number of rotatable bonds is 4. The number of oxime groups is 1. The SMILES string of the molecule is COC(=O)C1C(=O)ON=C1c1nc(OC)nc(N2CCOCC2)n1. The topological polar surface area (TPSA) is 125 Å². The van der Waals surface area contributed by atoms with E-state index in [1.165, 1.54) is 14.2 Å². The zero-order chi connectivity index (χ0) is 17.1. The first-order chi connectivity index (χ1) is 11.6. The van der Waals surface area contributed by atoms with Crippen LogP contribution in [0.25, 0.3) is 0 Å². The predicted octanol–water partition coefficient (Wildman–Crippen LogP) is -1.23. The lowest BCUT2D eigenvalue weighted by molar-refractivity contribution is -0.154. The highest BCUT2D eigenvalue weighted by Crippen LogP contribution is 2.21. The first-order valence-corrected chi connectivity index (χ1v) is 7.13. The zero-order valence-electron chi connectivity index (χ0n) is 13.1. The van der Waals surface area contributed by atoms with Crippen molar-refractivity contribution in [3.63, 3.8) is 0 Å². The highest BCUT2D eigenvalue weighted by atomic mass is 16.7. The fraction of sp³-hybridized carbons (Fsp3) is 0.538. The number of anilines is 1. The minimum absolute atomic E-state index is 0.0181. The van der Waals surface area contributed by atoms with Gasteiger partial charge in [0, 0.05) is 13.1 Å². The van der Waals surface area contributed by atoms with E-state index in [9.17, 15) is 9.59 Å². The Morgan fingerprint density at radius 3 is 2.62 bits per heavy atom. The fourth-order valence-electron chi connectivity index (χ4n) is 2.26. The van der Waals surface area contributed by atoms with Crippen LogP contribution < -0.4 is 9.64 Å². The molecule has 0 N–H and O–H groups in total. The van der Waals surface area contributed by atoms with Crippen molar-refractivity contribution in [3.05, 3.63) is 5.82 Å². The monoisotopic (exact) mass is 337 g/mol. The van der Waals surface area contributed by atoms with Gasteiger partial charge >= 0.3 is 17.9 Å². The van der Waals surface area contributed by atoms with Crippen molar-refractivity contribution in [1.82, 2.24) is 15.0 Å². The molecule has 1 aromatic rings. The Morgan fingerprint density at radius 1 is 1.21 bits per heavy atom. The highest BCUT2D eigenvalue weighted by Gasteiger charge is 2.43. The number of nitrogens with zero attached hydrogens (tertiary/aromatic N) is 5. The van der Waals surface area contributed by atoms with Crippen LogP contribution in [-0.4, -0.2) is 73.1 Å². The number of ether oxygens (including phenoxy) is 3. The van der Waals surface area contributed by atoms with Crippen molar-refractivity contribution in [3.8, 4) is 6.01 Å². The van der Waals surface area contributed by atoms with E-state index in [4.69, 9.17) is 9.47 Å². The maximum absolute atomic E-state index is 11.8. The Bertz CT molecular complexity index is 687. The van der Waals surface area contributed by atoms with E-state index in [0.717, 1.165) is 0 Å². The first-order valence-electron chi connectivity index (χ1n) is 7.13. The predicted molar refractivity (Wildman–Crippen MR) is 77.5 cm³/mol. The van der Waals surface area contributed by atoms with Crippen molar-refractivity contribution >= 4 is 23.6 Å². The molecule has 24 heavy (non-hydrogen) atoms. The standard InChI is InChI=1S/C13H15N5O6/c1-21-10(19)7-8(17-24-11(7)20)9-14-12(16-13(15-9)22-2)18-3-5-23-6-4-18/h7H,3-6H2,1-2H3. The lowest BCUT2D eigenvalue weighted by atomic mass is 10.0. The van der Waals surface area contributed by atoms with E-state index in [1.807, 2.05) is 4.90 Å². The molecule has 0 saturated carbocycles. The molecule has 0 bridgehead atoms. The van der Waals surface area contributed by atoms with Gasteiger partial charge in [0.05, 0.1) is 27.4 Å². The van der Waals surface area contributed by atoms with Crippen LogP contribution in [0.15, 0.2) is 5.16 Å². The van der Waals surface area contributed by atoms with Gasteiger partial charge in [0.1, 0.15) is 0 Å². The third kappa shape index (κ3) is 2.97. The van der Waals surface area contributed by atoms with Crippen LogP contribution in [0.3, 0.4) is 0 Å². The number of hydrogen-bond donors (Lipinski definition) is 0. The summed E-state index contributed by atoms with van der Waals surface area (Å²) in [4.78, 5) is 42.5. The molecule has 1 unspecified atom stereocenters. The van der Waals surface area contributed by atoms with Crippen LogP contribution in [-0.2, 0) is 23.9 Å². The molecule has 3 rings (SSSR count). The summed E-state index contributed by atoms with van der Waals surface area (Å²) in [6.07, 6.45) is 0. The Balaban J connectivity index is 1.97. The quantitative estimate of drug-likeness (QED) is 0.374. The zero-order valence-corrected chi connectivity index (χ0v) is 13.1. The van der Waals surface area contributed by atoms with Crippen molar-refractivity contribution in [1.29, 1.82) is 0 Å². The Kier molecular flexibility index (Phi) is 4.51. The molecule has 1 aromatic heterocycles. The van der Waals surface area contributed by atoms with Gasteiger partial charge in [0.2, 0.25) is 11.9 Å². The molecule has 11 heteroatoms. The van der Waals surface area contributed by atoms with Gasteiger partial charge in [-0.25, -0.2) is 4.79 Å². The van der Waals surface area contributed by atoms with Crippen LogP contribution in [0.1, 0.15) is 5.82 Å². The Morgan fingerprint density at radius 2 is 1.96 bits per heavy atom. The van der Waals surface area contributed by atoms with Gasteiger partial charge in [0.25, 0.3) is 0 Å². The smallest absolute Gasteiger partial charge is 0.355 e. The van der Waals surface area contributed by atoms with Crippen molar-refractivity contribution < 1.29 is 28.6 Å². The largest absolute Gasteiger partial charge is 0.468 e. The molecule has 0 amide bonds. The van der Waals surface area contributed by atoms with E-state index in [0.29, 0.717) is 32.3 Å². The van der Waals surface area contributed by atoms with Gasteiger partial charge in [-0.05, 0) is 0 Å². The second-order valence-corrected chi connectivity index (χ2v) is 4.89. The van der Waals surface area contributed by atoms with E-state index < -0.39 is 17.9 Å². The lowest BCUT2D eigenvalue weighted by Gasteiger charge is -2.26. The Hall–Kier alpha value is -2.82. The summed E-state index contributed by atoms with van der Waals surface area (Å²) in [5, 5.41) is 3.61. The van der Waals surface area contributed by atoms with Gasteiger partial charge in [-0.1, -0.05) is 5.16 Å². The highest BCUT2D eigenvalue weighted by molar-refractivity contribution is 6.23. The number of carbonyl (C=O) groups excluding carboxylic acids is 2. The van der Waals surface area contributed by atoms with Gasteiger partial charge in [-0.2, -0.15) is 15.0 Å². The van der Waals surface area contributed by atoms with Crippen LogP contribution in [0.4, 0.5) is 5.95 Å². The van der Waals surface area contributed by atoms with Crippen molar-refractivity contribution in [2.75, 3.05) is 45.4 Å². The molecule has 2 aliphatic rings. The number of esters is 1. The molecule has 0 aromatic carbocycles. The summed E-state index contributed by atoms with van der Waals surface area (Å²) in [5.41, 5.74) is -0.0398. The molecule has 0 radical (unpaired) electrons. The molecule has 0 aliphatic carbocycles. The minimum Gasteiger partial charge on any atom is -0.468 e. The van der Waals surface area contributed by atoms with Crippen LogP contribution in [0, 0.1) is 5.92 Å². The van der Waals surface area contributed by atoms with Gasteiger partial charge in [-0.15, -0.1) is 0 Å². The van der Waals surface area contributed by atoms with E-state index in [2.05, 4.69) is 29.7 Å². The first kappa shape index (κ1) is 16.1. The van der Waals surface area contributed by atoms with Crippen molar-refractivity contribution in [2.24, 2.45) is 11.1 Å². The molecule has 3 heterocycles. The number of aromatic nitrogens is 3. The molecular weight excluding hydrogens is 322 g/mol. The average molecular weight is 337 g/mol. The molecule has 0 spiro atoms. The molecule has 1 atom stereocenters. The summed E-state index contributed by atoms with van der Waals surface area (Å²) in [6.45, 7) is 2.26. The molecule has 1 fully saturated rings. The van der Waals surface area contributed by atoms with E-state index in [-0.39, 0.29) is 17.5 Å². The van der Waals surface area contributed by atoms with E-state index in [1.54, 1.807) is 0 Å². The maximum atomic E-state index is 11.8. The molecule has 128 valence electrons. The molecule has 2 aliphatic heterocycles. The summed E-state index contributed by atoms with van der Waals surface area (Å²) in [6, 6.07) is 0.0344. The van der Waals surface area contributed by atoms with Gasteiger partial charge < -0.3 is 23.9 Å².